The van der Waals surface area contributed by atoms with E-state index in [1.807, 2.05) is 27.7 Å². The minimum atomic E-state index is -0.610. The molecule has 0 rings (SSSR count). The normalized spacial score (nSPS) is 14.6. The van der Waals surface area contributed by atoms with Gasteiger partial charge in [0.05, 0.1) is 23.7 Å². The van der Waals surface area contributed by atoms with Crippen LogP contribution in [-0.4, -0.2) is 23.9 Å². The van der Waals surface area contributed by atoms with Crippen molar-refractivity contribution in [2.75, 3.05) is 0 Å². The minimum absolute atomic E-state index is 0. The summed E-state index contributed by atoms with van der Waals surface area (Å²) in [4.78, 5) is 0. The van der Waals surface area contributed by atoms with E-state index in [2.05, 4.69) is 46.0 Å². The molecule has 0 aliphatic carbocycles. The largest absolute Gasteiger partial charge is 4.00 e. The Hall–Kier alpha value is -2.04. The van der Waals surface area contributed by atoms with E-state index >= 15 is 0 Å². The molecule has 45 heavy (non-hydrogen) atoms. The molecule has 0 aromatic heterocycles. The molecule has 4 unspecified atom stereocenters. The van der Waals surface area contributed by atoms with Gasteiger partial charge in [0, 0.05) is 0 Å². The molecule has 0 aliphatic heterocycles. The van der Waals surface area contributed by atoms with E-state index in [0.29, 0.717) is 25.7 Å². The predicted octanol–water partition coefficient (Wildman–Crippen LogP) is -0.948. The van der Waals surface area contributed by atoms with Gasteiger partial charge >= 0.3 is 50.1 Å². The standard InChI is InChI=1S/4C8H16O3.Zr/c4*1-3-5-6-7(4-2)8(9)11-10;/h4*7,9H,3-6H2,1-2H3;/q;;;;+4/p-4. The summed E-state index contributed by atoms with van der Waals surface area (Å²) in [5.41, 5.74) is 0. The predicted molar refractivity (Wildman–Crippen MR) is 153 cm³/mol. The third kappa shape index (κ3) is 31.7. The number of carboxylic acids is 4. The molecule has 0 heterocycles. The first kappa shape index (κ1) is 52.5. The zero-order chi connectivity index (χ0) is 34.8. The minimum Gasteiger partial charge on any atom is -0.719 e. The molecular formula is C32H60O12Zr. The van der Waals surface area contributed by atoms with Crippen molar-refractivity contribution in [2.45, 2.75) is 158 Å². The average Bonchev–Trinajstić information content (AvgIpc) is 3.06. The van der Waals surface area contributed by atoms with Crippen molar-refractivity contribution in [1.29, 1.82) is 0 Å². The molecule has 13 heteroatoms. The van der Waals surface area contributed by atoms with Crippen LogP contribution in [-0.2, 0) is 44.5 Å². The van der Waals surface area contributed by atoms with E-state index in [-0.39, 0.29) is 49.9 Å². The Morgan fingerprint density at radius 3 is 0.622 bits per heavy atom. The molecule has 0 bridgehead atoms. The molecule has 0 amide bonds. The van der Waals surface area contributed by atoms with E-state index in [4.69, 9.17) is 0 Å². The zero-order valence-electron chi connectivity index (χ0n) is 29.0. The van der Waals surface area contributed by atoms with E-state index in [1.165, 1.54) is 0 Å². The molecule has 12 nitrogen and oxygen atoms in total. The van der Waals surface area contributed by atoms with Gasteiger partial charge in [0.2, 0.25) is 0 Å². The Bertz CT molecular complexity index is 609. The molecule has 0 N–H and O–H groups in total. The first-order chi connectivity index (χ1) is 21.0. The maximum absolute atomic E-state index is 10.7. The molecule has 0 spiro atoms. The maximum atomic E-state index is 10.7. The molecule has 0 aromatic rings. The van der Waals surface area contributed by atoms with E-state index < -0.39 is 23.9 Å². The van der Waals surface area contributed by atoms with Crippen molar-refractivity contribution in [2.24, 2.45) is 23.7 Å². The average molecular weight is 728 g/mol. The molecule has 0 saturated heterocycles. The fraction of sp³-hybridized carbons (Fsp3) is 0.875. The second-order valence-corrected chi connectivity index (χ2v) is 10.6. The van der Waals surface area contributed by atoms with Crippen molar-refractivity contribution in [3.8, 4) is 0 Å². The summed E-state index contributed by atoms with van der Waals surface area (Å²) < 4.78 is 13.6. The fourth-order valence-corrected chi connectivity index (χ4v) is 4.03. The van der Waals surface area contributed by atoms with Gasteiger partial charge in [0.25, 0.3) is 0 Å². The van der Waals surface area contributed by atoms with Crippen molar-refractivity contribution in [1.82, 2.24) is 0 Å². The van der Waals surface area contributed by atoms with Crippen LogP contribution in [0.3, 0.4) is 0 Å². The van der Waals surface area contributed by atoms with Crippen LogP contribution in [0.2, 0.25) is 0 Å². The molecule has 0 saturated carbocycles. The SMILES string of the molecule is CCCCC(CC)C([O-])=[O+][O-].CCCCC(CC)C([O-])=[O+][O-].CCCCC(CC)C([O-])=[O+][O-].CCCCC(CC)C([O-])=[O+][O-].[Zr+4]. The van der Waals surface area contributed by atoms with Gasteiger partial charge in [-0.05, 0) is 51.4 Å². The van der Waals surface area contributed by atoms with Crippen LogP contribution in [0.25, 0.3) is 0 Å². The van der Waals surface area contributed by atoms with Crippen LogP contribution in [0.5, 0.6) is 0 Å². The Morgan fingerprint density at radius 1 is 0.378 bits per heavy atom. The summed E-state index contributed by atoms with van der Waals surface area (Å²) in [6.07, 6.45) is 14.0. The summed E-state index contributed by atoms with van der Waals surface area (Å²) in [6, 6.07) is 0. The Kier molecular flexibility index (Phi) is 46.6. The second kappa shape index (κ2) is 40.0. The van der Waals surface area contributed by atoms with Crippen LogP contribution in [0.15, 0.2) is 0 Å². The smallest absolute Gasteiger partial charge is 0.719 e. The monoisotopic (exact) mass is 726 g/mol. The number of rotatable bonds is 20. The Labute approximate surface area is 290 Å². The number of aliphatic carboxylic acids is 4. The topological polar surface area (TPSA) is 230 Å². The van der Waals surface area contributed by atoms with Crippen LogP contribution in [0, 0.1) is 23.7 Å². The first-order valence-electron chi connectivity index (χ1n) is 16.4. The molecular weight excluding hydrogens is 668 g/mol. The number of carboxylic acid groups (broad SMARTS) is 4. The number of hydrogen-bond acceptors (Lipinski definition) is 8. The molecule has 0 aliphatic rings. The second-order valence-electron chi connectivity index (χ2n) is 10.6. The van der Waals surface area contributed by atoms with Gasteiger partial charge in [-0.25, -0.2) is 0 Å². The Balaban J connectivity index is -0.000000157. The molecule has 0 radical (unpaired) electrons. The summed E-state index contributed by atoms with van der Waals surface area (Å²) in [7, 11) is 0. The molecule has 264 valence electrons. The van der Waals surface area contributed by atoms with Crippen molar-refractivity contribution < 1.29 is 86.0 Å². The van der Waals surface area contributed by atoms with Crippen LogP contribution in [0.4, 0.5) is 0 Å². The number of carbonyl (C=O) groups excluding carboxylic acids is 4. The summed E-state index contributed by atoms with van der Waals surface area (Å²) >= 11 is 0. The number of hydrogen-bond donors (Lipinski definition) is 0. The molecule has 0 fully saturated rings. The van der Waals surface area contributed by atoms with Gasteiger partial charge < -0.3 is 39.3 Å². The van der Waals surface area contributed by atoms with E-state index in [0.717, 1.165) is 77.0 Å². The Morgan fingerprint density at radius 2 is 0.533 bits per heavy atom. The molecule has 0 aromatic carbocycles. The zero-order valence-corrected chi connectivity index (χ0v) is 31.5. The fourth-order valence-electron chi connectivity index (χ4n) is 4.03. The third-order valence-corrected chi connectivity index (χ3v) is 7.26. The first-order valence-corrected chi connectivity index (χ1v) is 16.4. The summed E-state index contributed by atoms with van der Waals surface area (Å²) in [5.74, 6) is -3.19. The van der Waals surface area contributed by atoms with Gasteiger partial charge in [0.1, 0.15) is 0 Å². The van der Waals surface area contributed by atoms with Gasteiger partial charge in [-0.2, -0.15) is 0 Å². The third-order valence-electron chi connectivity index (χ3n) is 7.26. The van der Waals surface area contributed by atoms with E-state index in [9.17, 15) is 41.5 Å². The molecule has 4 atom stereocenters. The number of unbranched alkanes of at least 4 members (excludes halogenated alkanes) is 4. The summed E-state index contributed by atoms with van der Waals surface area (Å²) in [5, 5.41) is 81.8. The maximum Gasteiger partial charge on any atom is 4.00 e. The van der Waals surface area contributed by atoms with E-state index in [1.54, 1.807) is 0 Å². The summed E-state index contributed by atoms with van der Waals surface area (Å²) in [6.45, 7) is 15.7. The van der Waals surface area contributed by atoms with Crippen molar-refractivity contribution in [3.63, 3.8) is 0 Å². The van der Waals surface area contributed by atoms with Crippen LogP contribution >= 0.6 is 0 Å². The van der Waals surface area contributed by atoms with Gasteiger partial charge in [-0.1, -0.05) is 107 Å². The van der Waals surface area contributed by atoms with Crippen LogP contribution in [0.1, 0.15) is 158 Å². The van der Waals surface area contributed by atoms with Gasteiger partial charge in [0.15, 0.2) is 0 Å². The van der Waals surface area contributed by atoms with Crippen molar-refractivity contribution in [3.05, 3.63) is 0 Å². The van der Waals surface area contributed by atoms with Crippen LogP contribution < -0.4 is 41.5 Å². The quantitative estimate of drug-likeness (QED) is 0.0860. The van der Waals surface area contributed by atoms with Gasteiger partial charge in [-0.3, -0.25) is 20.4 Å². The van der Waals surface area contributed by atoms with Gasteiger partial charge in [-0.15, -0.1) is 0 Å². The van der Waals surface area contributed by atoms with Crippen molar-refractivity contribution >= 4 is 23.9 Å².